The number of ether oxygens (including phenoxy) is 2. The second-order valence-corrected chi connectivity index (χ2v) is 8.27. The zero-order chi connectivity index (χ0) is 21.6. The van der Waals surface area contributed by atoms with Gasteiger partial charge in [0.1, 0.15) is 5.75 Å². The minimum absolute atomic E-state index is 0.203. The molecule has 0 saturated heterocycles. The molecule has 0 fully saturated rings. The Morgan fingerprint density at radius 3 is 2.71 bits per heavy atom. The van der Waals surface area contributed by atoms with Gasteiger partial charge in [-0.1, -0.05) is 12.1 Å². The fourth-order valence-electron chi connectivity index (χ4n) is 3.18. The molecule has 0 spiro atoms. The summed E-state index contributed by atoms with van der Waals surface area (Å²) in [4.78, 5) is 10.1. The van der Waals surface area contributed by atoms with Gasteiger partial charge in [-0.25, -0.2) is 4.39 Å². The van der Waals surface area contributed by atoms with Crippen molar-refractivity contribution in [2.45, 2.75) is 13.3 Å². The zero-order valence-electron chi connectivity index (χ0n) is 17.5. The quantitative estimate of drug-likeness (QED) is 0.357. The van der Waals surface area contributed by atoms with Crippen molar-refractivity contribution < 1.29 is 13.9 Å². The van der Waals surface area contributed by atoms with Crippen LogP contribution in [0, 0.1) is 12.7 Å². The molecule has 0 aliphatic carbocycles. The molecule has 7 heteroatoms. The molecule has 5 nitrogen and oxygen atoms in total. The lowest BCUT2D eigenvalue weighted by atomic mass is 10.2. The second kappa shape index (κ2) is 9.96. The fourth-order valence-corrected chi connectivity index (χ4v) is 4.22. The van der Waals surface area contributed by atoms with Gasteiger partial charge in [0.25, 0.3) is 0 Å². The summed E-state index contributed by atoms with van der Waals surface area (Å²) in [5.74, 6) is 0.410. The molecule has 1 N–H and O–H groups in total. The number of aryl methyl sites for hydroxylation is 1. The van der Waals surface area contributed by atoms with E-state index in [-0.39, 0.29) is 11.6 Å². The van der Waals surface area contributed by atoms with Gasteiger partial charge in [-0.05, 0) is 55.3 Å². The van der Waals surface area contributed by atoms with Crippen LogP contribution in [0.1, 0.15) is 11.1 Å². The number of benzene rings is 1. The first-order chi connectivity index (χ1) is 15.1. The van der Waals surface area contributed by atoms with Crippen LogP contribution in [0.25, 0.3) is 20.8 Å². The number of hydrogen-bond acceptors (Lipinski definition) is 6. The molecule has 160 valence electrons. The average Bonchev–Trinajstić information content (AvgIpc) is 3.21. The Kier molecular flexibility index (Phi) is 6.86. The molecule has 1 aromatic carbocycles. The van der Waals surface area contributed by atoms with E-state index in [4.69, 9.17) is 9.47 Å². The van der Waals surface area contributed by atoms with Crippen LogP contribution in [0.4, 0.5) is 4.39 Å². The molecule has 0 aliphatic rings. The number of hydrogen-bond donors (Lipinski definition) is 1. The summed E-state index contributed by atoms with van der Waals surface area (Å²) in [6, 6.07) is 12.8. The summed E-state index contributed by atoms with van der Waals surface area (Å²) in [5.41, 5.74) is 3.71. The normalized spacial score (nSPS) is 11.2. The van der Waals surface area contributed by atoms with E-state index >= 15 is 0 Å². The molecule has 0 saturated carbocycles. The monoisotopic (exact) mass is 437 g/mol. The van der Waals surface area contributed by atoms with E-state index in [0.717, 1.165) is 45.9 Å². The first kappa shape index (κ1) is 21.4. The Balaban J connectivity index is 1.51. The molecule has 3 heterocycles. The van der Waals surface area contributed by atoms with E-state index in [1.165, 1.54) is 23.0 Å². The van der Waals surface area contributed by atoms with Crippen LogP contribution in [-0.2, 0) is 11.2 Å². The molecule has 4 rings (SSSR count). The van der Waals surface area contributed by atoms with Crippen molar-refractivity contribution in [2.75, 3.05) is 26.8 Å². The van der Waals surface area contributed by atoms with Gasteiger partial charge >= 0.3 is 0 Å². The minimum Gasteiger partial charge on any atom is -0.453 e. The molecule has 0 radical (unpaired) electrons. The van der Waals surface area contributed by atoms with Gasteiger partial charge in [-0.2, -0.15) is 0 Å². The molecular formula is C24H24FN3O2S. The number of nitrogens with one attached hydrogen (secondary N) is 1. The number of aromatic nitrogens is 2. The summed E-state index contributed by atoms with van der Waals surface area (Å²) < 4.78 is 26.0. The molecular weight excluding hydrogens is 413 g/mol. The highest BCUT2D eigenvalue weighted by Crippen LogP contribution is 2.39. The van der Waals surface area contributed by atoms with Crippen molar-refractivity contribution >= 4 is 21.6 Å². The smallest absolute Gasteiger partial charge is 0.165 e. The third-order valence-corrected chi connectivity index (χ3v) is 6.00. The van der Waals surface area contributed by atoms with Crippen LogP contribution in [0.15, 0.2) is 54.9 Å². The molecule has 0 unspecified atom stereocenters. The Morgan fingerprint density at radius 2 is 1.94 bits per heavy atom. The fraction of sp³-hybridized carbons (Fsp3) is 0.250. The number of thiophene rings is 1. The van der Waals surface area contributed by atoms with Gasteiger partial charge < -0.3 is 14.8 Å². The van der Waals surface area contributed by atoms with E-state index in [1.807, 2.05) is 31.3 Å². The molecule has 0 aliphatic heterocycles. The van der Waals surface area contributed by atoms with Crippen LogP contribution in [-0.4, -0.2) is 36.8 Å². The molecule has 0 amide bonds. The van der Waals surface area contributed by atoms with Gasteiger partial charge in [-0.3, -0.25) is 9.97 Å². The number of nitrogens with zero attached hydrogens (tertiary/aromatic N) is 2. The van der Waals surface area contributed by atoms with Crippen LogP contribution in [0.5, 0.6) is 11.5 Å². The highest BCUT2D eigenvalue weighted by molar-refractivity contribution is 7.22. The summed E-state index contributed by atoms with van der Waals surface area (Å²) >= 11 is 1.54. The third kappa shape index (κ3) is 5.25. The lowest BCUT2D eigenvalue weighted by molar-refractivity contribution is 0.199. The minimum atomic E-state index is -0.379. The highest BCUT2D eigenvalue weighted by Gasteiger charge is 2.13. The van der Waals surface area contributed by atoms with Gasteiger partial charge in [0.05, 0.1) is 27.4 Å². The first-order valence-corrected chi connectivity index (χ1v) is 10.9. The standard InChI is InChI=1S/C24H24FN3O2S/c1-16-3-6-21(18(25)13-16)30-22-8-10-27-20-14-23(31-24(20)22)19-5-4-17(15-28-19)7-9-26-11-12-29-2/h3-6,8,10,13-15,26H,7,9,11-12H2,1-2H3. The van der Waals surface area contributed by atoms with E-state index in [0.29, 0.717) is 12.4 Å². The predicted molar refractivity (Wildman–Crippen MR) is 123 cm³/mol. The first-order valence-electron chi connectivity index (χ1n) is 10.1. The molecule has 4 aromatic rings. The Labute approximate surface area is 184 Å². The Hall–Kier alpha value is -2.87. The number of methoxy groups -OCH3 is 1. The van der Waals surface area contributed by atoms with E-state index in [9.17, 15) is 4.39 Å². The molecule has 0 bridgehead atoms. The Bertz CT molecular complexity index is 1160. The van der Waals surface area contributed by atoms with Crippen molar-refractivity contribution in [3.05, 3.63) is 71.8 Å². The van der Waals surface area contributed by atoms with Gasteiger partial charge in [0.15, 0.2) is 11.6 Å². The van der Waals surface area contributed by atoms with Crippen LogP contribution in [0.2, 0.25) is 0 Å². The SMILES string of the molecule is COCCNCCc1ccc(-c2cc3nccc(Oc4ccc(C)cc4F)c3s2)nc1. The van der Waals surface area contributed by atoms with Crippen molar-refractivity contribution in [2.24, 2.45) is 0 Å². The lowest BCUT2D eigenvalue weighted by Crippen LogP contribution is -2.21. The van der Waals surface area contributed by atoms with E-state index < -0.39 is 0 Å². The van der Waals surface area contributed by atoms with E-state index in [2.05, 4.69) is 21.4 Å². The molecule has 31 heavy (non-hydrogen) atoms. The number of halogens is 1. The van der Waals surface area contributed by atoms with Crippen molar-refractivity contribution in [3.8, 4) is 22.1 Å². The molecule has 0 atom stereocenters. The number of fused-ring (bicyclic) bond motifs is 1. The predicted octanol–water partition coefficient (Wildman–Crippen LogP) is 5.38. The van der Waals surface area contributed by atoms with E-state index in [1.54, 1.807) is 25.4 Å². The zero-order valence-corrected chi connectivity index (χ0v) is 18.3. The van der Waals surface area contributed by atoms with Gasteiger partial charge in [0.2, 0.25) is 0 Å². The Morgan fingerprint density at radius 1 is 1.03 bits per heavy atom. The average molecular weight is 438 g/mol. The molecule has 3 aromatic heterocycles. The largest absolute Gasteiger partial charge is 0.453 e. The van der Waals surface area contributed by atoms with Crippen molar-refractivity contribution in [3.63, 3.8) is 0 Å². The van der Waals surface area contributed by atoms with Crippen LogP contribution in [0.3, 0.4) is 0 Å². The lowest BCUT2D eigenvalue weighted by Gasteiger charge is -2.07. The van der Waals surface area contributed by atoms with Gasteiger partial charge in [0, 0.05) is 32.1 Å². The topological polar surface area (TPSA) is 56.3 Å². The summed E-state index contributed by atoms with van der Waals surface area (Å²) in [6.45, 7) is 4.28. The summed E-state index contributed by atoms with van der Waals surface area (Å²) in [6.07, 6.45) is 4.49. The highest BCUT2D eigenvalue weighted by atomic mass is 32.1. The maximum atomic E-state index is 14.2. The summed E-state index contributed by atoms with van der Waals surface area (Å²) in [7, 11) is 1.70. The number of rotatable bonds is 9. The second-order valence-electron chi connectivity index (χ2n) is 7.21. The maximum absolute atomic E-state index is 14.2. The maximum Gasteiger partial charge on any atom is 0.165 e. The van der Waals surface area contributed by atoms with Crippen molar-refractivity contribution in [1.82, 2.24) is 15.3 Å². The van der Waals surface area contributed by atoms with Crippen LogP contribution >= 0.6 is 11.3 Å². The van der Waals surface area contributed by atoms with Crippen LogP contribution < -0.4 is 10.1 Å². The number of pyridine rings is 2. The summed E-state index contributed by atoms with van der Waals surface area (Å²) in [5, 5.41) is 3.33. The third-order valence-electron chi connectivity index (χ3n) is 4.83. The van der Waals surface area contributed by atoms with Gasteiger partial charge in [-0.15, -0.1) is 11.3 Å². The van der Waals surface area contributed by atoms with Crippen molar-refractivity contribution in [1.29, 1.82) is 0 Å².